The number of Topliss-reactive ketones (excluding diaryl/α,β-unsaturated/α-hetero) is 1. The second kappa shape index (κ2) is 11.6. The van der Waals surface area contributed by atoms with Gasteiger partial charge in [-0.05, 0) is 78.2 Å². The van der Waals surface area contributed by atoms with E-state index in [0.29, 0.717) is 16.6 Å². The van der Waals surface area contributed by atoms with Crippen molar-refractivity contribution in [1.82, 2.24) is 4.98 Å². The molecule has 6 rings (SSSR count). The first-order valence-corrected chi connectivity index (χ1v) is 16.4. The van der Waals surface area contributed by atoms with E-state index < -0.39 is 6.72 Å². The second-order valence-electron chi connectivity index (χ2n) is 10.0. The van der Waals surface area contributed by atoms with Crippen molar-refractivity contribution in [2.24, 2.45) is 0 Å². The average Bonchev–Trinajstić information content (AvgIpc) is 3.53. The molecule has 42 heavy (non-hydrogen) atoms. The molecule has 1 N–H and O–H groups in total. The number of fused-ring (bicyclic) bond motifs is 2. The molecule has 8 heteroatoms. The Bertz CT molecular complexity index is 1840. The highest BCUT2D eigenvalue weighted by Gasteiger charge is 2.31. The van der Waals surface area contributed by atoms with E-state index in [1.165, 1.54) is 0 Å². The molecule has 0 saturated heterocycles. The smallest absolute Gasteiger partial charge is 0.366 e. The van der Waals surface area contributed by atoms with E-state index in [0.717, 1.165) is 46.3 Å². The van der Waals surface area contributed by atoms with Crippen LogP contribution in [0.15, 0.2) is 103 Å². The molecule has 1 aliphatic rings. The van der Waals surface area contributed by atoms with Crippen molar-refractivity contribution >= 4 is 46.0 Å². The van der Waals surface area contributed by atoms with Crippen molar-refractivity contribution < 1.29 is 23.4 Å². The summed E-state index contributed by atoms with van der Waals surface area (Å²) in [5.74, 6) is 1.23. The molecule has 0 fully saturated rings. The van der Waals surface area contributed by atoms with Crippen LogP contribution in [0.25, 0.3) is 28.2 Å². The maximum Gasteiger partial charge on any atom is 0.366 e. The Balaban J connectivity index is 1.37. The van der Waals surface area contributed by atoms with Crippen LogP contribution in [0.1, 0.15) is 42.6 Å². The van der Waals surface area contributed by atoms with Crippen LogP contribution in [-0.2, 0) is 4.57 Å². The lowest BCUT2D eigenvalue weighted by Gasteiger charge is -2.15. The number of carbonyl (C=O) groups excluding carboxylic acids is 1. The van der Waals surface area contributed by atoms with Crippen molar-refractivity contribution in [3.63, 3.8) is 0 Å². The number of nitrogens with one attached hydrogen (secondary N) is 1. The van der Waals surface area contributed by atoms with Gasteiger partial charge < -0.3 is 19.0 Å². The quantitative estimate of drug-likeness (QED) is 0.135. The van der Waals surface area contributed by atoms with E-state index in [-0.39, 0.29) is 23.4 Å². The summed E-state index contributed by atoms with van der Waals surface area (Å²) in [6.45, 7) is 0.561. The SMILES string of the molecule is CCC(CC)Oc1ccc2[nH]c(-c3ccccc3)c(C=C3Oc4cc(OP(=O)(Cl)c5ccccc5)ccc4C3=O)c2c1. The number of hydrogen-bond donors (Lipinski definition) is 1. The number of ketones is 1. The third kappa shape index (κ3) is 5.48. The zero-order chi connectivity index (χ0) is 29.3. The molecular weight excluding hydrogens is 569 g/mol. The standard InChI is InChI=1S/C34H29ClNO5P/c1-3-23(4-2)39-24-16-18-30-28(19-24)29(33(36-30)22-11-7-5-8-12-22)21-32-34(37)27-17-15-25(20-31(27)40-32)41-42(35,38)26-13-9-6-10-14-26/h5-21,23,36H,3-4H2,1-2H3. The molecule has 5 aromatic rings. The van der Waals surface area contributed by atoms with Gasteiger partial charge in [-0.1, -0.05) is 62.4 Å². The van der Waals surface area contributed by atoms with Gasteiger partial charge in [-0.2, -0.15) is 0 Å². The average molecular weight is 598 g/mol. The third-order valence-electron chi connectivity index (χ3n) is 7.29. The van der Waals surface area contributed by atoms with Gasteiger partial charge >= 0.3 is 6.72 Å². The largest absolute Gasteiger partial charge is 0.490 e. The number of benzene rings is 4. The number of hydrogen-bond acceptors (Lipinski definition) is 5. The number of ether oxygens (including phenoxy) is 2. The van der Waals surface area contributed by atoms with Gasteiger partial charge in [-0.15, -0.1) is 0 Å². The lowest BCUT2D eigenvalue weighted by atomic mass is 10.0. The summed E-state index contributed by atoms with van der Waals surface area (Å²) in [4.78, 5) is 17.0. The van der Waals surface area contributed by atoms with Crippen molar-refractivity contribution in [3.8, 4) is 28.5 Å². The fourth-order valence-electron chi connectivity index (χ4n) is 5.04. The Morgan fingerprint density at radius 3 is 2.31 bits per heavy atom. The lowest BCUT2D eigenvalue weighted by Crippen LogP contribution is -2.13. The first-order chi connectivity index (χ1) is 20.4. The predicted octanol–water partition coefficient (Wildman–Crippen LogP) is 9.15. The van der Waals surface area contributed by atoms with Crippen LogP contribution >= 0.6 is 18.0 Å². The van der Waals surface area contributed by atoms with E-state index in [1.54, 1.807) is 54.6 Å². The van der Waals surface area contributed by atoms with Crippen LogP contribution in [0.5, 0.6) is 17.2 Å². The molecular formula is C34H29ClNO5P. The Labute approximate surface area is 249 Å². The Hall–Kier alpha value is -4.25. The summed E-state index contributed by atoms with van der Waals surface area (Å²) in [5.41, 5.74) is 3.94. The second-order valence-corrected chi connectivity index (χ2v) is 13.0. The van der Waals surface area contributed by atoms with Crippen molar-refractivity contribution in [2.75, 3.05) is 0 Å². The minimum Gasteiger partial charge on any atom is -0.490 e. The Kier molecular flexibility index (Phi) is 7.68. The molecule has 0 amide bonds. The van der Waals surface area contributed by atoms with E-state index in [9.17, 15) is 9.36 Å². The zero-order valence-corrected chi connectivity index (χ0v) is 24.8. The molecule has 0 bridgehead atoms. The van der Waals surface area contributed by atoms with Gasteiger partial charge in [-0.3, -0.25) is 9.36 Å². The summed E-state index contributed by atoms with van der Waals surface area (Å²) in [6.07, 6.45) is 3.70. The zero-order valence-electron chi connectivity index (χ0n) is 23.2. The number of H-pyrrole nitrogens is 1. The Morgan fingerprint density at radius 2 is 1.60 bits per heavy atom. The van der Waals surface area contributed by atoms with Gasteiger partial charge in [0.2, 0.25) is 5.78 Å². The van der Waals surface area contributed by atoms with E-state index in [2.05, 4.69) is 18.8 Å². The van der Waals surface area contributed by atoms with Gasteiger partial charge in [0.1, 0.15) is 17.2 Å². The summed E-state index contributed by atoms with van der Waals surface area (Å²) in [7, 11) is 0. The molecule has 2 heterocycles. The molecule has 1 atom stereocenters. The highest BCUT2D eigenvalue weighted by molar-refractivity contribution is 7.91. The molecule has 6 nitrogen and oxygen atoms in total. The van der Waals surface area contributed by atoms with Crippen LogP contribution < -0.4 is 19.3 Å². The topological polar surface area (TPSA) is 77.6 Å². The predicted molar refractivity (Wildman–Crippen MR) is 168 cm³/mol. The fourth-order valence-corrected chi connectivity index (χ4v) is 6.64. The highest BCUT2D eigenvalue weighted by atomic mass is 35.7. The van der Waals surface area contributed by atoms with Gasteiger partial charge in [0.25, 0.3) is 0 Å². The molecule has 0 radical (unpaired) electrons. The van der Waals surface area contributed by atoms with E-state index in [4.69, 9.17) is 25.2 Å². The minimum absolute atomic E-state index is 0.118. The fraction of sp³-hybridized carbons (Fsp3) is 0.147. The van der Waals surface area contributed by atoms with Gasteiger partial charge in [0.05, 0.1) is 22.7 Å². The number of aromatic nitrogens is 1. The van der Waals surface area contributed by atoms with E-state index >= 15 is 0 Å². The summed E-state index contributed by atoms with van der Waals surface area (Å²) >= 11 is 6.29. The number of allylic oxidation sites excluding steroid dienone is 1. The molecule has 4 aromatic carbocycles. The van der Waals surface area contributed by atoms with E-state index in [1.807, 2.05) is 48.5 Å². The first kappa shape index (κ1) is 27.9. The first-order valence-electron chi connectivity index (χ1n) is 13.9. The maximum atomic E-state index is 13.5. The third-order valence-corrected chi connectivity index (χ3v) is 9.44. The van der Waals surface area contributed by atoms with Gasteiger partial charge in [0.15, 0.2) is 5.76 Å². The number of halogens is 1. The van der Waals surface area contributed by atoms with Crippen molar-refractivity contribution in [2.45, 2.75) is 32.8 Å². The minimum atomic E-state index is -3.66. The van der Waals surface area contributed by atoms with Gasteiger partial charge in [0, 0.05) is 22.5 Å². The summed E-state index contributed by atoms with van der Waals surface area (Å²) in [5, 5.41) is 1.29. The lowest BCUT2D eigenvalue weighted by molar-refractivity contribution is 0.101. The van der Waals surface area contributed by atoms with Crippen LogP contribution in [0.4, 0.5) is 0 Å². The molecule has 0 saturated carbocycles. The number of carbonyl (C=O) groups is 1. The molecule has 1 aliphatic heterocycles. The van der Waals surface area contributed by atoms with Crippen molar-refractivity contribution in [3.05, 3.63) is 114 Å². The molecule has 1 aromatic heterocycles. The van der Waals surface area contributed by atoms with Crippen LogP contribution in [0.3, 0.4) is 0 Å². The monoisotopic (exact) mass is 597 g/mol. The highest BCUT2D eigenvalue weighted by Crippen LogP contribution is 2.52. The van der Waals surface area contributed by atoms with Crippen LogP contribution in [0, 0.1) is 0 Å². The Morgan fingerprint density at radius 1 is 0.905 bits per heavy atom. The van der Waals surface area contributed by atoms with Crippen LogP contribution in [0.2, 0.25) is 0 Å². The maximum absolute atomic E-state index is 13.5. The number of aromatic amines is 1. The number of rotatable bonds is 9. The normalized spacial score (nSPS) is 15.0. The molecule has 0 spiro atoms. The van der Waals surface area contributed by atoms with Gasteiger partial charge in [-0.25, -0.2) is 0 Å². The van der Waals surface area contributed by atoms with Crippen LogP contribution in [-0.4, -0.2) is 16.9 Å². The molecule has 0 aliphatic carbocycles. The summed E-state index contributed by atoms with van der Waals surface area (Å²) < 4.78 is 31.1. The summed E-state index contributed by atoms with van der Waals surface area (Å²) in [6, 6.07) is 29.2. The molecule has 1 unspecified atom stereocenters. The van der Waals surface area contributed by atoms with Crippen molar-refractivity contribution in [1.29, 1.82) is 0 Å². The molecule has 212 valence electrons.